The molecule has 43 heavy (non-hydrogen) atoms. The van der Waals surface area contributed by atoms with Gasteiger partial charge in [-0.3, -0.25) is 14.7 Å². The number of alkyl halides is 2. The molecule has 0 amide bonds. The number of nitrogens with one attached hydrogen (secondary N) is 1. The number of hydrogen-bond acceptors (Lipinski definition) is 11. The van der Waals surface area contributed by atoms with E-state index in [2.05, 4.69) is 15.3 Å². The summed E-state index contributed by atoms with van der Waals surface area (Å²) in [5, 5.41) is 18.2. The number of hydrogen-bond donors (Lipinski definition) is 2. The van der Waals surface area contributed by atoms with Crippen LogP contribution in [0.3, 0.4) is 0 Å². The Balaban J connectivity index is 1.56. The molecule has 5 heterocycles. The third-order valence-electron chi connectivity index (χ3n) is 8.03. The van der Waals surface area contributed by atoms with Gasteiger partial charge in [0.15, 0.2) is 10.8 Å². The second-order valence-corrected chi connectivity index (χ2v) is 12.5. The van der Waals surface area contributed by atoms with Crippen LogP contribution < -0.4 is 5.32 Å². The summed E-state index contributed by atoms with van der Waals surface area (Å²) in [6.07, 6.45) is 1.60. The van der Waals surface area contributed by atoms with Crippen LogP contribution in [0.1, 0.15) is 43.1 Å². The first-order chi connectivity index (χ1) is 20.2. The smallest absolute Gasteiger partial charge is 0.338 e. The molecule has 0 bridgehead atoms. The fraction of sp³-hybridized carbons (Fsp3) is 0.536. The van der Waals surface area contributed by atoms with Crippen LogP contribution in [0.5, 0.6) is 0 Å². The van der Waals surface area contributed by atoms with E-state index in [1.165, 1.54) is 42.3 Å². The van der Waals surface area contributed by atoms with Gasteiger partial charge in [-0.25, -0.2) is 33.6 Å². The van der Waals surface area contributed by atoms with Gasteiger partial charge >= 0.3 is 11.9 Å². The van der Waals surface area contributed by atoms with Gasteiger partial charge in [-0.1, -0.05) is 6.07 Å². The normalized spacial score (nSPS) is 24.6. The molecule has 2 aromatic heterocycles. The van der Waals surface area contributed by atoms with E-state index in [0.29, 0.717) is 27.8 Å². The molecule has 2 N–H and O–H groups in total. The summed E-state index contributed by atoms with van der Waals surface area (Å²) in [5.74, 6) is -5.29. The molecule has 11 nitrogen and oxygen atoms in total. The maximum Gasteiger partial charge on any atom is 0.338 e. The number of carboxylic acids is 1. The zero-order chi connectivity index (χ0) is 31.3. The van der Waals surface area contributed by atoms with Gasteiger partial charge in [-0.05, 0) is 33.8 Å². The molecule has 0 unspecified atom stereocenters. The van der Waals surface area contributed by atoms with Crippen LogP contribution in [0.2, 0.25) is 0 Å². The van der Waals surface area contributed by atoms with E-state index in [1.54, 1.807) is 42.4 Å². The lowest BCUT2D eigenvalue weighted by molar-refractivity contribution is -0.155. The van der Waals surface area contributed by atoms with Gasteiger partial charge in [0.1, 0.15) is 12.1 Å². The van der Waals surface area contributed by atoms with Crippen molar-refractivity contribution in [2.75, 3.05) is 39.8 Å². The Morgan fingerprint density at radius 3 is 2.67 bits per heavy atom. The molecule has 0 spiro atoms. The molecule has 3 aliphatic rings. The van der Waals surface area contributed by atoms with Crippen LogP contribution in [0.15, 0.2) is 40.0 Å². The Bertz CT molecular complexity index is 1470. The number of likely N-dealkylation sites (N-methyl/N-ethyl adjacent to an activating group) is 1. The lowest BCUT2D eigenvalue weighted by Crippen LogP contribution is -2.53. The highest BCUT2D eigenvalue weighted by Gasteiger charge is 2.62. The zero-order valence-electron chi connectivity index (χ0n) is 24.5. The molecule has 5 rings (SSSR count). The highest BCUT2D eigenvalue weighted by molar-refractivity contribution is 7.11. The number of likely N-dealkylation sites (tertiary alicyclic amines) is 1. The van der Waals surface area contributed by atoms with Crippen LogP contribution in [0.4, 0.5) is 13.2 Å². The van der Waals surface area contributed by atoms with Crippen LogP contribution in [0.25, 0.3) is 0 Å². The zero-order valence-corrected chi connectivity index (χ0v) is 25.3. The summed E-state index contributed by atoms with van der Waals surface area (Å²) in [6.45, 7) is 5.80. The first-order valence-corrected chi connectivity index (χ1v) is 14.7. The first kappa shape index (κ1) is 31.0. The Hall–Kier alpha value is -3.40. The fourth-order valence-corrected chi connectivity index (χ4v) is 6.51. The lowest BCUT2D eigenvalue weighted by atomic mass is 9.92. The van der Waals surface area contributed by atoms with E-state index in [-0.39, 0.29) is 31.8 Å². The number of halogens is 3. The Morgan fingerprint density at radius 2 is 2.05 bits per heavy atom. The van der Waals surface area contributed by atoms with Gasteiger partial charge in [0.25, 0.3) is 5.92 Å². The van der Waals surface area contributed by atoms with E-state index in [0.717, 1.165) is 0 Å². The summed E-state index contributed by atoms with van der Waals surface area (Å²) in [7, 11) is 1.67. The number of amidine groups is 1. The molecule has 0 aliphatic carbocycles. The molecular weight excluding hydrogens is 587 g/mol. The minimum Gasteiger partial charge on any atom is -0.481 e. The van der Waals surface area contributed by atoms with Crippen molar-refractivity contribution in [3.05, 3.63) is 57.2 Å². The molecule has 232 valence electrons. The molecule has 3 aliphatic heterocycles. The number of carbonyl (C=O) groups is 2. The summed E-state index contributed by atoms with van der Waals surface area (Å²) < 4.78 is 50.9. The second kappa shape index (κ2) is 11.6. The van der Waals surface area contributed by atoms with E-state index >= 15 is 8.78 Å². The van der Waals surface area contributed by atoms with Crippen LogP contribution >= 0.6 is 11.3 Å². The van der Waals surface area contributed by atoms with Gasteiger partial charge in [0, 0.05) is 61.3 Å². The van der Waals surface area contributed by atoms with E-state index in [9.17, 15) is 19.1 Å². The van der Waals surface area contributed by atoms with Crippen molar-refractivity contribution in [3.8, 4) is 0 Å². The van der Waals surface area contributed by atoms with E-state index in [1.807, 2.05) is 0 Å². The van der Waals surface area contributed by atoms with Crippen molar-refractivity contribution in [1.82, 2.24) is 30.2 Å². The van der Waals surface area contributed by atoms with E-state index < -0.39 is 53.9 Å². The summed E-state index contributed by atoms with van der Waals surface area (Å²) in [4.78, 5) is 39.9. The quantitative estimate of drug-likeness (QED) is 0.319. The molecule has 3 atom stereocenters. The number of carbonyl (C=O) groups excluding carboxylic acids is 1. The number of thiazole rings is 1. The number of esters is 1. The van der Waals surface area contributed by atoms with Gasteiger partial charge in [0.05, 0.1) is 24.1 Å². The second-order valence-electron chi connectivity index (χ2n) is 11.6. The summed E-state index contributed by atoms with van der Waals surface area (Å²) in [5.41, 5.74) is -0.0525. The molecule has 2 aromatic rings. The first-order valence-electron chi connectivity index (χ1n) is 13.8. The van der Waals surface area contributed by atoms with Crippen LogP contribution in [0, 0.1) is 18.3 Å². The molecular formula is C28H34F3N7O4S. The number of ether oxygens (including phenoxy) is 1. The average molecular weight is 622 g/mol. The van der Waals surface area contributed by atoms with Crippen molar-refractivity contribution in [2.24, 2.45) is 10.4 Å². The Morgan fingerprint density at radius 1 is 1.30 bits per heavy atom. The maximum absolute atomic E-state index is 15.8. The van der Waals surface area contributed by atoms with Crippen molar-refractivity contribution in [3.63, 3.8) is 0 Å². The molecule has 2 fully saturated rings. The maximum atomic E-state index is 15.8. The third-order valence-corrected chi connectivity index (χ3v) is 8.81. The van der Waals surface area contributed by atoms with Gasteiger partial charge in [-0.15, -0.1) is 11.3 Å². The standard InChI is InChI=1S/C28H34F3N7O4S/c1-6-42-25(39)20-17(34-23(24-32-9-10-43-24)35-21(20)16-7-8-19(29)33-15(16)2)11-37-14-28(30,31)22-18(37)12-36(5)38(22)13-27(3,4)26(40)41/h7-10,18,21-22H,6,11-14H2,1-5H3,(H,34,35)(H,40,41)/t18-,21-,22+/m1/s1. The number of rotatable bonds is 9. The topological polar surface area (TPSA) is 123 Å². The highest BCUT2D eigenvalue weighted by atomic mass is 32.1. The van der Waals surface area contributed by atoms with Crippen molar-refractivity contribution in [2.45, 2.75) is 51.7 Å². The van der Waals surface area contributed by atoms with Gasteiger partial charge in [0.2, 0.25) is 5.95 Å². The number of aliphatic carboxylic acids is 1. The van der Waals surface area contributed by atoms with Crippen molar-refractivity contribution >= 4 is 29.1 Å². The number of pyridine rings is 1. The number of carboxylic acid groups (broad SMARTS) is 1. The highest BCUT2D eigenvalue weighted by Crippen LogP contribution is 2.43. The Labute approximate surface area is 251 Å². The van der Waals surface area contributed by atoms with Crippen molar-refractivity contribution in [1.29, 1.82) is 0 Å². The third kappa shape index (κ3) is 5.90. The van der Waals surface area contributed by atoms with Crippen LogP contribution in [-0.4, -0.2) is 106 Å². The number of hydrazine groups is 1. The fourth-order valence-electron chi connectivity index (χ4n) is 5.92. The number of aromatic nitrogens is 2. The SMILES string of the molecule is CCOC(=O)C1=C(CN2CC(F)(F)[C@@H]3[C@H]2CN(C)N3CC(C)(C)C(=O)O)NC(c2nccs2)=N[C@@H]1c1ccc(F)nc1C. The monoisotopic (exact) mass is 621 g/mol. The average Bonchev–Trinajstić information content (AvgIpc) is 3.62. The number of aryl methyl sites for hydroxylation is 1. The molecule has 0 aromatic carbocycles. The van der Waals surface area contributed by atoms with E-state index in [4.69, 9.17) is 9.73 Å². The van der Waals surface area contributed by atoms with Gasteiger partial charge < -0.3 is 15.2 Å². The van der Waals surface area contributed by atoms with Gasteiger partial charge in [-0.2, -0.15) is 4.39 Å². The number of aliphatic imine (C=N–C) groups is 1. The predicted octanol–water partition coefficient (Wildman–Crippen LogP) is 2.86. The van der Waals surface area contributed by atoms with Crippen molar-refractivity contribution < 1.29 is 32.6 Å². The summed E-state index contributed by atoms with van der Waals surface area (Å²) >= 11 is 1.31. The Kier molecular flexibility index (Phi) is 8.37. The minimum atomic E-state index is -3.17. The molecule has 0 radical (unpaired) electrons. The number of nitrogens with zero attached hydrogens (tertiary/aromatic N) is 6. The molecule has 0 saturated carbocycles. The predicted molar refractivity (Wildman–Crippen MR) is 152 cm³/mol. The molecule has 2 saturated heterocycles. The molecule has 15 heteroatoms. The minimum absolute atomic E-state index is 0.0671. The number of fused-ring (bicyclic) bond motifs is 1. The largest absolute Gasteiger partial charge is 0.481 e. The van der Waals surface area contributed by atoms with Crippen LogP contribution in [-0.2, 0) is 14.3 Å². The summed E-state index contributed by atoms with van der Waals surface area (Å²) in [6, 6.07) is -0.213. The lowest BCUT2D eigenvalue weighted by Gasteiger charge is -2.36.